The van der Waals surface area contributed by atoms with Crippen molar-refractivity contribution in [1.82, 2.24) is 9.97 Å². The fourth-order valence-corrected chi connectivity index (χ4v) is 6.61. The van der Waals surface area contributed by atoms with E-state index in [1.165, 1.54) is 5.56 Å². The van der Waals surface area contributed by atoms with Crippen molar-refractivity contribution >= 4 is 28.7 Å². The molecule has 3 aliphatic heterocycles. The van der Waals surface area contributed by atoms with E-state index in [4.69, 9.17) is 14.7 Å². The Hall–Kier alpha value is -3.12. The molecule has 0 radical (unpaired) electrons. The molecule has 2 saturated heterocycles. The molecule has 1 saturated carbocycles. The second kappa shape index (κ2) is 7.95. The normalized spacial score (nSPS) is 26.7. The molecule has 0 amide bonds. The lowest BCUT2D eigenvalue weighted by molar-refractivity contribution is 0.0890. The summed E-state index contributed by atoms with van der Waals surface area (Å²) in [6, 6.07) is 14.7. The van der Waals surface area contributed by atoms with Gasteiger partial charge in [0.1, 0.15) is 17.2 Å². The van der Waals surface area contributed by atoms with Crippen molar-refractivity contribution in [1.29, 1.82) is 0 Å². The maximum absolute atomic E-state index is 10.5. The largest absolute Gasteiger partial charge is 0.482 e. The van der Waals surface area contributed by atoms with Crippen molar-refractivity contribution in [2.45, 2.75) is 44.3 Å². The lowest BCUT2D eigenvalue weighted by atomic mass is 9.88. The Kier molecular flexibility index (Phi) is 4.81. The van der Waals surface area contributed by atoms with Gasteiger partial charge in [0.15, 0.2) is 0 Å². The van der Waals surface area contributed by atoms with Crippen molar-refractivity contribution in [3.05, 3.63) is 59.7 Å². The van der Waals surface area contributed by atoms with Gasteiger partial charge in [-0.05, 0) is 49.5 Å². The quantitative estimate of drug-likeness (QED) is 0.594. The highest BCUT2D eigenvalue weighted by molar-refractivity contribution is 5.92. The van der Waals surface area contributed by atoms with Gasteiger partial charge in [-0.2, -0.15) is 4.98 Å². The van der Waals surface area contributed by atoms with E-state index in [1.807, 2.05) is 6.07 Å². The lowest BCUT2D eigenvalue weighted by Gasteiger charge is -2.42. The number of hydrogen-bond acceptors (Lipinski definition) is 6. The molecule has 4 aliphatic rings. The maximum Gasteiger partial charge on any atom is 0.227 e. The van der Waals surface area contributed by atoms with E-state index in [9.17, 15) is 5.11 Å². The third-order valence-corrected chi connectivity index (χ3v) is 8.58. The highest BCUT2D eigenvalue weighted by Gasteiger charge is 2.41. The predicted octanol–water partition coefficient (Wildman–Crippen LogP) is 4.59. The molecule has 1 N–H and O–H groups in total. The number of fused-ring (bicyclic) bond motifs is 4. The number of benzene rings is 2. The van der Waals surface area contributed by atoms with Crippen LogP contribution < -0.4 is 14.5 Å². The number of anilines is 2. The highest BCUT2D eigenvalue weighted by atomic mass is 16.5. The first-order valence-corrected chi connectivity index (χ1v) is 13.0. The van der Waals surface area contributed by atoms with Crippen molar-refractivity contribution in [3.8, 4) is 5.75 Å². The first-order chi connectivity index (χ1) is 17.1. The van der Waals surface area contributed by atoms with Gasteiger partial charge in [0.25, 0.3) is 0 Å². The summed E-state index contributed by atoms with van der Waals surface area (Å²) in [6.07, 6.45) is 8.15. The molecule has 7 rings (SSSR count). The van der Waals surface area contributed by atoms with Gasteiger partial charge in [0.05, 0.1) is 11.6 Å². The summed E-state index contributed by atoms with van der Waals surface area (Å²) in [5.74, 6) is 3.72. The predicted molar refractivity (Wildman–Crippen MR) is 139 cm³/mol. The number of aliphatic hydroxyl groups excluding tert-OH is 1. The van der Waals surface area contributed by atoms with Crippen LogP contribution in [0.15, 0.2) is 48.5 Å². The molecule has 6 nitrogen and oxygen atoms in total. The Morgan fingerprint density at radius 1 is 0.971 bits per heavy atom. The van der Waals surface area contributed by atoms with E-state index in [0.717, 1.165) is 85.8 Å². The van der Waals surface area contributed by atoms with Gasteiger partial charge < -0.3 is 19.6 Å². The van der Waals surface area contributed by atoms with E-state index in [2.05, 4.69) is 65.3 Å². The van der Waals surface area contributed by atoms with Crippen LogP contribution >= 0.6 is 0 Å². The first kappa shape index (κ1) is 21.2. The molecule has 0 unspecified atom stereocenters. The fraction of sp³-hybridized carbons (Fsp3) is 0.448. The minimum absolute atomic E-state index is 0.175. The summed E-state index contributed by atoms with van der Waals surface area (Å²) < 4.78 is 6.51. The number of para-hydroxylation sites is 2. The van der Waals surface area contributed by atoms with Crippen molar-refractivity contribution in [2.75, 3.05) is 36.0 Å². The minimum atomic E-state index is -0.247. The molecule has 4 heterocycles. The van der Waals surface area contributed by atoms with Gasteiger partial charge >= 0.3 is 0 Å². The van der Waals surface area contributed by atoms with E-state index in [-0.39, 0.29) is 11.7 Å². The van der Waals surface area contributed by atoms with E-state index >= 15 is 0 Å². The molecular weight excluding hydrogens is 436 g/mol. The van der Waals surface area contributed by atoms with E-state index < -0.39 is 0 Å². The number of aryl methyl sites for hydroxylation is 1. The molecule has 2 bridgehead atoms. The van der Waals surface area contributed by atoms with Crippen molar-refractivity contribution < 1.29 is 9.84 Å². The molecule has 6 heteroatoms. The summed E-state index contributed by atoms with van der Waals surface area (Å²) in [5, 5.41) is 11.6. The molecule has 1 aromatic heterocycles. The fourth-order valence-electron chi connectivity index (χ4n) is 6.61. The molecule has 1 spiro atoms. The number of aromatic nitrogens is 2. The zero-order chi connectivity index (χ0) is 23.6. The summed E-state index contributed by atoms with van der Waals surface area (Å²) in [5.41, 5.74) is 3.12. The topological polar surface area (TPSA) is 61.7 Å². The highest BCUT2D eigenvalue weighted by Crippen LogP contribution is 2.41. The SMILES string of the molecule is Cc1cccc2c(N3C[C@H]4C[C@@H](C3)[C@@H](O)C4)nc(N3CCC4(C=Cc5ccccc5O4)CC3)nc12. The average molecular weight is 469 g/mol. The Balaban J connectivity index is 1.19. The Morgan fingerprint density at radius 3 is 2.69 bits per heavy atom. The summed E-state index contributed by atoms with van der Waals surface area (Å²) in [4.78, 5) is 15.0. The molecular formula is C29H32N4O2. The van der Waals surface area contributed by atoms with Crippen LogP contribution in [-0.4, -0.2) is 53.0 Å². The van der Waals surface area contributed by atoms with E-state index in [0.29, 0.717) is 11.8 Å². The van der Waals surface area contributed by atoms with Gasteiger partial charge in [-0.15, -0.1) is 0 Å². The second-order valence-corrected chi connectivity index (χ2v) is 10.9. The zero-order valence-electron chi connectivity index (χ0n) is 20.2. The third-order valence-electron chi connectivity index (χ3n) is 8.58. The van der Waals surface area contributed by atoms with Crippen LogP contribution in [-0.2, 0) is 0 Å². The van der Waals surface area contributed by atoms with Crippen LogP contribution in [0.2, 0.25) is 0 Å². The number of aliphatic hydroxyl groups is 1. The molecule has 3 atom stereocenters. The van der Waals surface area contributed by atoms with Crippen LogP contribution in [0.5, 0.6) is 5.75 Å². The summed E-state index contributed by atoms with van der Waals surface area (Å²) in [7, 11) is 0. The Bertz CT molecular complexity index is 1310. The zero-order valence-corrected chi connectivity index (χ0v) is 20.2. The third kappa shape index (κ3) is 3.57. The van der Waals surface area contributed by atoms with Gasteiger partial charge in [0.2, 0.25) is 5.95 Å². The molecule has 180 valence electrons. The minimum Gasteiger partial charge on any atom is -0.482 e. The van der Waals surface area contributed by atoms with Crippen molar-refractivity contribution in [3.63, 3.8) is 0 Å². The van der Waals surface area contributed by atoms with Gasteiger partial charge in [-0.25, -0.2) is 4.98 Å². The van der Waals surface area contributed by atoms with Gasteiger partial charge in [0, 0.05) is 55.9 Å². The maximum atomic E-state index is 10.5. The molecule has 1 aliphatic carbocycles. The van der Waals surface area contributed by atoms with Crippen LogP contribution in [0.25, 0.3) is 17.0 Å². The van der Waals surface area contributed by atoms with Gasteiger partial charge in [-0.3, -0.25) is 0 Å². The van der Waals surface area contributed by atoms with E-state index in [1.54, 1.807) is 0 Å². The second-order valence-electron chi connectivity index (χ2n) is 10.9. The van der Waals surface area contributed by atoms with Gasteiger partial charge in [-0.1, -0.05) is 36.4 Å². The molecule has 2 aromatic carbocycles. The van der Waals surface area contributed by atoms with Crippen LogP contribution in [0.3, 0.4) is 0 Å². The Labute approximate surface area is 206 Å². The van der Waals surface area contributed by atoms with Crippen LogP contribution in [0.1, 0.15) is 36.8 Å². The number of nitrogens with zero attached hydrogens (tertiary/aromatic N) is 4. The standard InChI is InChI=1S/C29H32N4O2/c1-19-5-4-7-23-26(19)30-28(31-27(23)33-17-20-15-22(18-33)24(34)16-20)32-13-11-29(12-14-32)10-9-21-6-2-3-8-25(21)35-29/h2-10,20,22,24,34H,11-18H2,1H3/t20-,22-,24-/m0/s1. The van der Waals surface area contributed by atoms with Crippen LogP contribution in [0.4, 0.5) is 11.8 Å². The molecule has 35 heavy (non-hydrogen) atoms. The number of piperidine rings is 2. The first-order valence-electron chi connectivity index (χ1n) is 13.0. The van der Waals surface area contributed by atoms with Crippen molar-refractivity contribution in [2.24, 2.45) is 11.8 Å². The molecule has 3 fully saturated rings. The molecule has 3 aromatic rings. The number of hydrogen-bond donors (Lipinski definition) is 1. The monoisotopic (exact) mass is 468 g/mol. The number of rotatable bonds is 2. The average Bonchev–Trinajstić information content (AvgIpc) is 3.14. The summed E-state index contributed by atoms with van der Waals surface area (Å²) >= 11 is 0. The van der Waals surface area contributed by atoms with Crippen LogP contribution in [0, 0.1) is 18.8 Å². The smallest absolute Gasteiger partial charge is 0.227 e. The Morgan fingerprint density at radius 2 is 1.83 bits per heavy atom. The number of ether oxygens (including phenoxy) is 1. The lowest BCUT2D eigenvalue weighted by Crippen LogP contribution is -2.48. The summed E-state index contributed by atoms with van der Waals surface area (Å²) in [6.45, 7) is 5.68.